The molecule has 2 heteroatoms. The summed E-state index contributed by atoms with van der Waals surface area (Å²) in [7, 11) is 0. The van der Waals surface area contributed by atoms with Crippen molar-refractivity contribution in [3.05, 3.63) is 48.0 Å². The zero-order valence-corrected chi connectivity index (χ0v) is 13.8. The van der Waals surface area contributed by atoms with Gasteiger partial charge in [-0.1, -0.05) is 48.9 Å². The fourth-order valence-corrected chi connectivity index (χ4v) is 4.85. The number of hydrogen-bond donors (Lipinski definition) is 1. The molecular weight excluding hydrogens is 282 g/mol. The van der Waals surface area contributed by atoms with Crippen LogP contribution in [0.4, 0.5) is 0 Å². The highest BCUT2D eigenvalue weighted by atomic mass is 16.1. The molecule has 1 N–H and O–H groups in total. The van der Waals surface area contributed by atoms with Gasteiger partial charge in [-0.25, -0.2) is 0 Å². The third-order valence-corrected chi connectivity index (χ3v) is 6.00. The molecule has 23 heavy (non-hydrogen) atoms. The van der Waals surface area contributed by atoms with E-state index in [4.69, 9.17) is 0 Å². The van der Waals surface area contributed by atoms with Crippen molar-refractivity contribution in [3.8, 4) is 0 Å². The normalized spacial score (nSPS) is 27.3. The van der Waals surface area contributed by atoms with Gasteiger partial charge in [0.15, 0.2) is 0 Å². The topological polar surface area (TPSA) is 29.1 Å². The minimum absolute atomic E-state index is 0.163. The van der Waals surface area contributed by atoms with Crippen LogP contribution in [0, 0.1) is 17.8 Å². The molecule has 2 saturated carbocycles. The number of carbonyl (C=O) groups excluding carboxylic acids is 1. The van der Waals surface area contributed by atoms with E-state index in [1.54, 1.807) is 0 Å². The van der Waals surface area contributed by atoms with Gasteiger partial charge in [-0.15, -0.1) is 0 Å². The van der Waals surface area contributed by atoms with Crippen LogP contribution in [-0.4, -0.2) is 11.9 Å². The maximum atomic E-state index is 12.4. The van der Waals surface area contributed by atoms with Gasteiger partial charge in [0.05, 0.1) is 6.42 Å². The molecule has 2 aromatic rings. The summed E-state index contributed by atoms with van der Waals surface area (Å²) in [5.74, 6) is 2.66. The Morgan fingerprint density at radius 1 is 1.13 bits per heavy atom. The molecule has 0 aliphatic heterocycles. The molecule has 0 heterocycles. The summed E-state index contributed by atoms with van der Waals surface area (Å²) in [6.45, 7) is 2.20. The molecular formula is C21H25NO. The lowest BCUT2D eigenvalue weighted by molar-refractivity contribution is -0.121. The Morgan fingerprint density at radius 3 is 2.70 bits per heavy atom. The monoisotopic (exact) mass is 307 g/mol. The summed E-state index contributed by atoms with van der Waals surface area (Å²) in [6, 6.07) is 14.9. The third kappa shape index (κ3) is 2.99. The highest BCUT2D eigenvalue weighted by molar-refractivity contribution is 5.85. The number of hydrogen-bond acceptors (Lipinski definition) is 1. The van der Waals surface area contributed by atoms with Gasteiger partial charge in [0.1, 0.15) is 0 Å². The highest BCUT2D eigenvalue weighted by Crippen LogP contribution is 2.49. The van der Waals surface area contributed by atoms with E-state index in [1.807, 2.05) is 12.1 Å². The zero-order valence-electron chi connectivity index (χ0n) is 13.8. The van der Waals surface area contributed by atoms with Crippen LogP contribution < -0.4 is 5.32 Å². The summed E-state index contributed by atoms with van der Waals surface area (Å²) in [6.07, 6.45) is 5.99. The maximum Gasteiger partial charge on any atom is 0.224 e. The lowest BCUT2D eigenvalue weighted by atomic mass is 9.84. The second-order valence-electron chi connectivity index (χ2n) is 7.55. The molecule has 2 nitrogen and oxygen atoms in total. The van der Waals surface area contributed by atoms with Gasteiger partial charge in [-0.3, -0.25) is 4.79 Å². The van der Waals surface area contributed by atoms with Crippen LogP contribution in [0.2, 0.25) is 0 Å². The van der Waals surface area contributed by atoms with Gasteiger partial charge in [0, 0.05) is 6.04 Å². The van der Waals surface area contributed by atoms with Crippen molar-refractivity contribution in [1.82, 2.24) is 5.32 Å². The molecule has 0 spiro atoms. The van der Waals surface area contributed by atoms with Crippen molar-refractivity contribution in [2.75, 3.05) is 0 Å². The van der Waals surface area contributed by atoms with Crippen LogP contribution >= 0.6 is 0 Å². The Kier molecular flexibility index (Phi) is 3.84. The first kappa shape index (κ1) is 14.7. The molecule has 0 saturated heterocycles. The number of amides is 1. The van der Waals surface area contributed by atoms with Gasteiger partial charge in [0.2, 0.25) is 5.91 Å². The molecule has 4 rings (SSSR count). The standard InChI is InChI=1S/C21H25NO/c1-14(20-12-15-7-9-19(20)11-15)22-21(23)13-16-6-8-17-4-2-3-5-18(17)10-16/h2-6,8,10,14-15,19-20H,7,9,11-13H2,1H3,(H,22,23)/t14-,15-,19-,20-/m0/s1. The van der Waals surface area contributed by atoms with E-state index in [1.165, 1.54) is 36.5 Å². The van der Waals surface area contributed by atoms with Crippen molar-refractivity contribution in [1.29, 1.82) is 0 Å². The second kappa shape index (κ2) is 5.99. The predicted octanol–water partition coefficient (Wildman–Crippen LogP) is 4.32. The number of rotatable bonds is 4. The molecule has 2 aliphatic carbocycles. The number of benzene rings is 2. The second-order valence-corrected chi connectivity index (χ2v) is 7.55. The van der Waals surface area contributed by atoms with E-state index in [0.717, 1.165) is 17.4 Å². The first-order chi connectivity index (χ1) is 11.2. The first-order valence-corrected chi connectivity index (χ1v) is 8.96. The van der Waals surface area contributed by atoms with Crippen molar-refractivity contribution >= 4 is 16.7 Å². The smallest absolute Gasteiger partial charge is 0.224 e. The van der Waals surface area contributed by atoms with E-state index in [-0.39, 0.29) is 5.91 Å². The lowest BCUT2D eigenvalue weighted by Crippen LogP contribution is -2.40. The summed E-state index contributed by atoms with van der Waals surface area (Å²) >= 11 is 0. The Bertz CT molecular complexity index is 723. The van der Waals surface area contributed by atoms with Crippen LogP contribution in [0.3, 0.4) is 0 Å². The van der Waals surface area contributed by atoms with E-state index in [2.05, 4.69) is 42.6 Å². The summed E-state index contributed by atoms with van der Waals surface area (Å²) < 4.78 is 0. The van der Waals surface area contributed by atoms with Gasteiger partial charge >= 0.3 is 0 Å². The third-order valence-electron chi connectivity index (χ3n) is 6.00. The van der Waals surface area contributed by atoms with E-state index < -0.39 is 0 Å². The average Bonchev–Trinajstić information content (AvgIpc) is 3.17. The minimum Gasteiger partial charge on any atom is -0.353 e. The molecule has 4 atom stereocenters. The molecule has 2 aliphatic rings. The molecule has 0 aromatic heterocycles. The van der Waals surface area contributed by atoms with Crippen LogP contribution in [-0.2, 0) is 11.2 Å². The molecule has 2 bridgehead atoms. The number of nitrogens with one attached hydrogen (secondary N) is 1. The zero-order chi connectivity index (χ0) is 15.8. The van der Waals surface area contributed by atoms with Crippen molar-refractivity contribution < 1.29 is 4.79 Å². The summed E-state index contributed by atoms with van der Waals surface area (Å²) in [4.78, 5) is 12.4. The Balaban J connectivity index is 1.39. The Hall–Kier alpha value is -1.83. The summed E-state index contributed by atoms with van der Waals surface area (Å²) in [5.41, 5.74) is 1.10. The molecule has 0 radical (unpaired) electrons. The van der Waals surface area contributed by atoms with Gasteiger partial charge < -0.3 is 5.32 Å². The Labute approximate surface area is 138 Å². The highest BCUT2D eigenvalue weighted by Gasteiger charge is 2.42. The van der Waals surface area contributed by atoms with Crippen LogP contribution in [0.1, 0.15) is 38.2 Å². The van der Waals surface area contributed by atoms with Crippen LogP contribution in [0.5, 0.6) is 0 Å². The SMILES string of the molecule is C[C@H](NC(=O)Cc1ccc2ccccc2c1)[C@@H]1C[C@H]2CC[C@H]1C2. The van der Waals surface area contributed by atoms with Crippen LogP contribution in [0.15, 0.2) is 42.5 Å². The van der Waals surface area contributed by atoms with Crippen molar-refractivity contribution in [2.24, 2.45) is 17.8 Å². The van der Waals surface area contributed by atoms with E-state index in [0.29, 0.717) is 18.4 Å². The first-order valence-electron chi connectivity index (χ1n) is 8.96. The number of fused-ring (bicyclic) bond motifs is 3. The molecule has 120 valence electrons. The lowest BCUT2D eigenvalue weighted by Gasteiger charge is -2.28. The summed E-state index contributed by atoms with van der Waals surface area (Å²) in [5, 5.41) is 5.70. The fraction of sp³-hybridized carbons (Fsp3) is 0.476. The van der Waals surface area contributed by atoms with E-state index >= 15 is 0 Å². The fourth-order valence-electron chi connectivity index (χ4n) is 4.85. The van der Waals surface area contributed by atoms with E-state index in [9.17, 15) is 4.79 Å². The molecule has 0 unspecified atom stereocenters. The van der Waals surface area contributed by atoms with Gasteiger partial charge in [0.25, 0.3) is 0 Å². The predicted molar refractivity (Wildman–Crippen MR) is 94.2 cm³/mol. The Morgan fingerprint density at radius 2 is 1.96 bits per heavy atom. The van der Waals surface area contributed by atoms with Crippen molar-refractivity contribution in [2.45, 2.75) is 45.1 Å². The average molecular weight is 307 g/mol. The van der Waals surface area contributed by atoms with Gasteiger partial charge in [-0.05, 0) is 60.3 Å². The minimum atomic E-state index is 0.163. The molecule has 1 amide bonds. The largest absolute Gasteiger partial charge is 0.353 e. The van der Waals surface area contributed by atoms with Gasteiger partial charge in [-0.2, -0.15) is 0 Å². The molecule has 2 aromatic carbocycles. The molecule has 2 fully saturated rings. The maximum absolute atomic E-state index is 12.4. The quantitative estimate of drug-likeness (QED) is 0.895. The van der Waals surface area contributed by atoms with Crippen LogP contribution in [0.25, 0.3) is 10.8 Å². The number of carbonyl (C=O) groups is 1. The van der Waals surface area contributed by atoms with Crippen molar-refractivity contribution in [3.63, 3.8) is 0 Å².